The molecular weight excluding hydrogens is 360 g/mol. The van der Waals surface area contributed by atoms with Gasteiger partial charge in [-0.15, -0.1) is 0 Å². The molecule has 1 N–H and O–H groups in total. The third-order valence-corrected chi connectivity index (χ3v) is 5.62. The van der Waals surface area contributed by atoms with Crippen molar-refractivity contribution in [3.8, 4) is 16.9 Å². The first-order chi connectivity index (χ1) is 14.2. The molecule has 150 valence electrons. The predicted molar refractivity (Wildman–Crippen MR) is 116 cm³/mol. The van der Waals surface area contributed by atoms with E-state index < -0.39 is 0 Å². The second-order valence-corrected chi connectivity index (χ2v) is 7.80. The van der Waals surface area contributed by atoms with Crippen molar-refractivity contribution < 1.29 is 4.79 Å². The Morgan fingerprint density at radius 2 is 1.86 bits per heavy atom. The van der Waals surface area contributed by atoms with E-state index in [9.17, 15) is 4.79 Å². The third-order valence-electron chi connectivity index (χ3n) is 5.62. The monoisotopic (exact) mass is 388 g/mol. The summed E-state index contributed by atoms with van der Waals surface area (Å²) in [6.45, 7) is 2.67. The van der Waals surface area contributed by atoms with Gasteiger partial charge in [-0.3, -0.25) is 4.79 Å². The number of nitrogens with zero attached hydrogens (tertiary/aromatic N) is 3. The van der Waals surface area contributed by atoms with Gasteiger partial charge in [-0.2, -0.15) is 5.10 Å². The second kappa shape index (κ2) is 9.05. The van der Waals surface area contributed by atoms with Gasteiger partial charge in [0.25, 0.3) is 0 Å². The van der Waals surface area contributed by atoms with Gasteiger partial charge in [0.05, 0.1) is 11.4 Å². The number of carbonyl (C=O) groups is 1. The van der Waals surface area contributed by atoms with Crippen LogP contribution >= 0.6 is 0 Å². The third kappa shape index (κ3) is 4.74. The Balaban J connectivity index is 1.53. The van der Waals surface area contributed by atoms with Crippen molar-refractivity contribution in [3.05, 3.63) is 72.4 Å². The molecule has 0 aliphatic carbocycles. The number of rotatable bonds is 7. The fourth-order valence-electron chi connectivity index (χ4n) is 3.90. The molecule has 5 heteroatoms. The van der Waals surface area contributed by atoms with Crippen molar-refractivity contribution >= 4 is 5.91 Å². The smallest absolute Gasteiger partial charge is 0.222 e. The molecule has 2 heterocycles. The lowest BCUT2D eigenvalue weighted by Crippen LogP contribution is -2.26. The van der Waals surface area contributed by atoms with Crippen LogP contribution in [0.1, 0.15) is 24.8 Å². The summed E-state index contributed by atoms with van der Waals surface area (Å²) in [6, 6.07) is 20.3. The molecule has 29 heavy (non-hydrogen) atoms. The minimum Gasteiger partial charge on any atom is -0.341 e. The number of hydrogen-bond acceptors (Lipinski definition) is 3. The standard InChI is InChI=1S/C24H28N4O/c1-27(23(29)13-12-19-14-15-25-16-19)17-21-18-28(22-10-6-3-7-11-22)26-24(21)20-8-4-2-5-9-20/h2-11,18-19,25H,12-17H2,1H3. The normalized spacial score (nSPS) is 16.1. The summed E-state index contributed by atoms with van der Waals surface area (Å²) >= 11 is 0. The van der Waals surface area contributed by atoms with Crippen molar-refractivity contribution in [2.75, 3.05) is 20.1 Å². The van der Waals surface area contributed by atoms with Gasteiger partial charge in [0.2, 0.25) is 5.91 Å². The Hall–Kier alpha value is -2.92. The number of nitrogens with one attached hydrogen (secondary N) is 1. The van der Waals surface area contributed by atoms with E-state index in [0.29, 0.717) is 18.9 Å². The van der Waals surface area contributed by atoms with E-state index in [1.54, 1.807) is 0 Å². The van der Waals surface area contributed by atoms with E-state index in [-0.39, 0.29) is 5.91 Å². The Kier molecular flexibility index (Phi) is 6.06. The molecule has 1 aliphatic rings. The van der Waals surface area contributed by atoms with Crippen LogP contribution in [0.5, 0.6) is 0 Å². The Bertz CT molecular complexity index is 930. The van der Waals surface area contributed by atoms with Crippen LogP contribution in [0.25, 0.3) is 16.9 Å². The molecule has 0 spiro atoms. The number of hydrogen-bond donors (Lipinski definition) is 1. The van der Waals surface area contributed by atoms with E-state index in [1.807, 2.05) is 71.4 Å². The number of amides is 1. The zero-order chi connectivity index (χ0) is 20.1. The van der Waals surface area contributed by atoms with Crippen LogP contribution in [0.3, 0.4) is 0 Å². The topological polar surface area (TPSA) is 50.2 Å². The van der Waals surface area contributed by atoms with Gasteiger partial charge in [0.1, 0.15) is 0 Å². The largest absolute Gasteiger partial charge is 0.341 e. The van der Waals surface area contributed by atoms with Crippen molar-refractivity contribution in [1.29, 1.82) is 0 Å². The lowest BCUT2D eigenvalue weighted by Gasteiger charge is -2.18. The van der Waals surface area contributed by atoms with Gasteiger partial charge in [-0.05, 0) is 44.0 Å². The average Bonchev–Trinajstić information content (AvgIpc) is 3.43. The molecule has 1 fully saturated rings. The SMILES string of the molecule is CN(Cc1cn(-c2ccccc2)nc1-c1ccccc1)C(=O)CCC1CCNC1. The molecule has 0 radical (unpaired) electrons. The molecule has 3 aromatic rings. The lowest BCUT2D eigenvalue weighted by molar-refractivity contribution is -0.130. The van der Waals surface area contributed by atoms with Gasteiger partial charge in [0, 0.05) is 37.3 Å². The van der Waals surface area contributed by atoms with E-state index in [0.717, 1.165) is 42.0 Å². The molecular formula is C24H28N4O. The second-order valence-electron chi connectivity index (χ2n) is 7.80. The number of carbonyl (C=O) groups excluding carboxylic acids is 1. The van der Waals surface area contributed by atoms with Crippen molar-refractivity contribution in [2.24, 2.45) is 5.92 Å². The molecule has 4 rings (SSSR count). The van der Waals surface area contributed by atoms with Crippen molar-refractivity contribution in [3.63, 3.8) is 0 Å². The van der Waals surface area contributed by atoms with Gasteiger partial charge in [0.15, 0.2) is 0 Å². The van der Waals surface area contributed by atoms with Crippen molar-refractivity contribution in [1.82, 2.24) is 20.0 Å². The Morgan fingerprint density at radius 3 is 2.55 bits per heavy atom. The van der Waals surface area contributed by atoms with E-state index >= 15 is 0 Å². The van der Waals surface area contributed by atoms with Gasteiger partial charge >= 0.3 is 0 Å². The van der Waals surface area contributed by atoms with Crippen LogP contribution < -0.4 is 5.32 Å². The minimum atomic E-state index is 0.198. The van der Waals surface area contributed by atoms with Crippen LogP contribution in [0.15, 0.2) is 66.9 Å². The molecule has 1 saturated heterocycles. The molecule has 5 nitrogen and oxygen atoms in total. The highest BCUT2D eigenvalue weighted by Crippen LogP contribution is 2.25. The van der Waals surface area contributed by atoms with Crippen molar-refractivity contribution in [2.45, 2.75) is 25.8 Å². The van der Waals surface area contributed by atoms with Crippen LogP contribution in [0.2, 0.25) is 0 Å². The van der Waals surface area contributed by atoms with E-state index in [2.05, 4.69) is 17.4 Å². The summed E-state index contributed by atoms with van der Waals surface area (Å²) in [7, 11) is 1.89. The minimum absolute atomic E-state index is 0.198. The van der Waals surface area contributed by atoms with E-state index in [1.165, 1.54) is 6.42 Å². The van der Waals surface area contributed by atoms with Crippen LogP contribution in [-0.4, -0.2) is 40.7 Å². The predicted octanol–water partition coefficient (Wildman–Crippen LogP) is 3.89. The highest BCUT2D eigenvalue weighted by Gasteiger charge is 2.19. The summed E-state index contributed by atoms with van der Waals surface area (Å²) < 4.78 is 1.90. The average molecular weight is 389 g/mol. The number of aromatic nitrogens is 2. The first kappa shape index (κ1) is 19.4. The maximum Gasteiger partial charge on any atom is 0.222 e. The molecule has 0 saturated carbocycles. The zero-order valence-electron chi connectivity index (χ0n) is 16.9. The van der Waals surface area contributed by atoms with Gasteiger partial charge in [-0.25, -0.2) is 4.68 Å². The molecule has 1 amide bonds. The molecule has 1 aromatic heterocycles. The number of para-hydroxylation sites is 1. The Morgan fingerprint density at radius 1 is 1.14 bits per heavy atom. The molecule has 1 aliphatic heterocycles. The van der Waals surface area contributed by atoms with E-state index in [4.69, 9.17) is 5.10 Å². The maximum absolute atomic E-state index is 12.7. The van der Waals surface area contributed by atoms with Crippen LogP contribution in [-0.2, 0) is 11.3 Å². The van der Waals surface area contributed by atoms with Gasteiger partial charge < -0.3 is 10.2 Å². The quantitative estimate of drug-likeness (QED) is 0.668. The fourth-order valence-corrected chi connectivity index (χ4v) is 3.90. The first-order valence-electron chi connectivity index (χ1n) is 10.3. The molecule has 0 bridgehead atoms. The maximum atomic E-state index is 12.7. The molecule has 2 aromatic carbocycles. The highest BCUT2D eigenvalue weighted by molar-refractivity contribution is 5.76. The zero-order valence-corrected chi connectivity index (χ0v) is 16.9. The molecule has 1 atom stereocenters. The van der Waals surface area contributed by atoms with Crippen LogP contribution in [0.4, 0.5) is 0 Å². The fraction of sp³-hybridized carbons (Fsp3) is 0.333. The Labute approximate surface area is 172 Å². The van der Waals surface area contributed by atoms with Gasteiger partial charge in [-0.1, -0.05) is 48.5 Å². The van der Waals surface area contributed by atoms with Crippen LogP contribution in [0, 0.1) is 5.92 Å². The first-order valence-corrected chi connectivity index (χ1v) is 10.3. The summed E-state index contributed by atoms with van der Waals surface area (Å²) in [6.07, 6.45) is 4.79. The summed E-state index contributed by atoms with van der Waals surface area (Å²) in [5, 5.41) is 8.22. The highest BCUT2D eigenvalue weighted by atomic mass is 16.2. The summed E-state index contributed by atoms with van der Waals surface area (Å²) in [5.74, 6) is 0.830. The number of benzene rings is 2. The lowest BCUT2D eigenvalue weighted by atomic mass is 10.0. The summed E-state index contributed by atoms with van der Waals surface area (Å²) in [5.41, 5.74) is 4.06. The molecule has 1 unspecified atom stereocenters. The summed E-state index contributed by atoms with van der Waals surface area (Å²) in [4.78, 5) is 14.5.